The predicted molar refractivity (Wildman–Crippen MR) is 128 cm³/mol. The first-order chi connectivity index (χ1) is 15.6. The maximum atomic E-state index is 13.7. The molecule has 1 aliphatic carbocycles. The van der Waals surface area contributed by atoms with Gasteiger partial charge in [-0.15, -0.1) is 11.3 Å². The van der Waals surface area contributed by atoms with E-state index in [1.165, 1.54) is 0 Å². The number of halogens is 1. The normalized spacial score (nSPS) is 20.9. The number of hydrogen-bond donors (Lipinski definition) is 1. The summed E-state index contributed by atoms with van der Waals surface area (Å²) in [6.07, 6.45) is 4.22. The number of fused-ring (bicyclic) bond motifs is 1. The van der Waals surface area contributed by atoms with E-state index < -0.39 is 5.92 Å². The van der Waals surface area contributed by atoms with Crippen molar-refractivity contribution >= 4 is 34.8 Å². The number of amides is 2. The van der Waals surface area contributed by atoms with Gasteiger partial charge in [0, 0.05) is 28.0 Å². The van der Waals surface area contributed by atoms with Crippen LogP contribution in [0.15, 0.2) is 66.0 Å². The van der Waals surface area contributed by atoms with E-state index in [1.54, 1.807) is 11.3 Å². The molecule has 32 heavy (non-hydrogen) atoms. The van der Waals surface area contributed by atoms with Gasteiger partial charge in [0.1, 0.15) is 0 Å². The van der Waals surface area contributed by atoms with Gasteiger partial charge in [-0.2, -0.15) is 0 Å². The van der Waals surface area contributed by atoms with Crippen LogP contribution < -0.4 is 5.32 Å². The average molecular weight is 465 g/mol. The van der Waals surface area contributed by atoms with Gasteiger partial charge in [0.05, 0.1) is 12.0 Å². The summed E-state index contributed by atoms with van der Waals surface area (Å²) in [5, 5.41) is 5.76. The van der Waals surface area contributed by atoms with Crippen molar-refractivity contribution in [3.05, 3.63) is 92.6 Å². The molecule has 2 aliphatic rings. The van der Waals surface area contributed by atoms with Crippen molar-refractivity contribution in [1.29, 1.82) is 0 Å². The first kappa shape index (κ1) is 21.2. The maximum Gasteiger partial charge on any atom is 0.254 e. The van der Waals surface area contributed by atoms with E-state index in [1.807, 2.05) is 70.9 Å². The molecule has 4 nitrogen and oxygen atoms in total. The second-order valence-electron chi connectivity index (χ2n) is 8.49. The molecule has 1 saturated carbocycles. The third-order valence-corrected chi connectivity index (χ3v) is 7.93. The quantitative estimate of drug-likeness (QED) is 0.507. The van der Waals surface area contributed by atoms with Crippen molar-refractivity contribution in [2.75, 3.05) is 0 Å². The Morgan fingerprint density at radius 2 is 1.78 bits per heavy atom. The molecule has 0 unspecified atom stereocenters. The largest absolute Gasteiger partial charge is 0.351 e. The zero-order chi connectivity index (χ0) is 22.1. The van der Waals surface area contributed by atoms with E-state index in [-0.39, 0.29) is 23.9 Å². The summed E-state index contributed by atoms with van der Waals surface area (Å²) in [6.45, 7) is 0.353. The average Bonchev–Trinajstić information content (AvgIpc) is 3.53. The molecule has 0 spiro atoms. The van der Waals surface area contributed by atoms with E-state index in [0.29, 0.717) is 17.1 Å². The van der Waals surface area contributed by atoms with Crippen molar-refractivity contribution in [1.82, 2.24) is 10.2 Å². The van der Waals surface area contributed by atoms with Gasteiger partial charge in [-0.3, -0.25) is 9.59 Å². The topological polar surface area (TPSA) is 49.4 Å². The smallest absolute Gasteiger partial charge is 0.254 e. The summed E-state index contributed by atoms with van der Waals surface area (Å²) >= 11 is 7.92. The van der Waals surface area contributed by atoms with Crippen LogP contribution in [0.4, 0.5) is 0 Å². The summed E-state index contributed by atoms with van der Waals surface area (Å²) in [5.74, 6) is -0.502. The molecule has 1 N–H and O–H groups in total. The zero-order valence-electron chi connectivity index (χ0n) is 17.7. The van der Waals surface area contributed by atoms with E-state index in [9.17, 15) is 9.59 Å². The number of hydrogen-bond acceptors (Lipinski definition) is 3. The minimum absolute atomic E-state index is 0.0426. The van der Waals surface area contributed by atoms with Gasteiger partial charge >= 0.3 is 0 Å². The minimum atomic E-state index is -0.467. The van der Waals surface area contributed by atoms with Crippen LogP contribution in [0.25, 0.3) is 0 Å². The standard InChI is InChI=1S/C26H25ClN2O2S/c27-21-13-6-1-8-17(21)16-28-25(30)23-19-11-4-5-12-20(19)26(31)29(18-9-2-3-10-18)24(23)22-14-7-15-32-22/h1,4-8,11-15,18,23-24H,2-3,9-10,16H2,(H,28,30)/t23-,24-/m0/s1. The number of thiophene rings is 1. The second kappa shape index (κ2) is 9.08. The van der Waals surface area contributed by atoms with Gasteiger partial charge in [0.25, 0.3) is 5.91 Å². The number of rotatable bonds is 5. The van der Waals surface area contributed by atoms with Gasteiger partial charge < -0.3 is 10.2 Å². The van der Waals surface area contributed by atoms with Crippen LogP contribution in [0, 0.1) is 0 Å². The molecule has 5 rings (SSSR count). The SMILES string of the molecule is O=C(NCc1ccccc1Cl)[C@H]1c2ccccc2C(=O)N(C2CCCC2)[C@H]1c1cccs1. The molecule has 0 radical (unpaired) electrons. The van der Waals surface area contributed by atoms with Crippen LogP contribution in [0.2, 0.25) is 5.02 Å². The summed E-state index contributed by atoms with van der Waals surface area (Å²) in [4.78, 5) is 30.5. The van der Waals surface area contributed by atoms with E-state index >= 15 is 0 Å². The fourth-order valence-electron chi connectivity index (χ4n) is 5.11. The highest BCUT2D eigenvalue weighted by molar-refractivity contribution is 7.10. The molecule has 2 atom stereocenters. The van der Waals surface area contributed by atoms with Crippen LogP contribution in [0.1, 0.15) is 64.0 Å². The number of carbonyl (C=O) groups excluding carboxylic acids is 2. The van der Waals surface area contributed by atoms with Crippen LogP contribution in [0.3, 0.4) is 0 Å². The van der Waals surface area contributed by atoms with Gasteiger partial charge in [-0.25, -0.2) is 0 Å². The minimum Gasteiger partial charge on any atom is -0.351 e. The van der Waals surface area contributed by atoms with Crippen molar-refractivity contribution in [2.45, 2.75) is 50.2 Å². The van der Waals surface area contributed by atoms with Crippen LogP contribution in [0.5, 0.6) is 0 Å². The van der Waals surface area contributed by atoms with Gasteiger partial charge in [-0.1, -0.05) is 66.9 Å². The highest BCUT2D eigenvalue weighted by atomic mass is 35.5. The highest BCUT2D eigenvalue weighted by Gasteiger charge is 2.47. The fraction of sp³-hybridized carbons (Fsp3) is 0.308. The number of nitrogens with zero attached hydrogens (tertiary/aromatic N) is 1. The summed E-state index contributed by atoms with van der Waals surface area (Å²) < 4.78 is 0. The van der Waals surface area contributed by atoms with E-state index in [2.05, 4.69) is 5.32 Å². The predicted octanol–water partition coefficient (Wildman–Crippen LogP) is 5.94. The summed E-state index contributed by atoms with van der Waals surface area (Å²) in [5.41, 5.74) is 2.33. The zero-order valence-corrected chi connectivity index (χ0v) is 19.2. The highest BCUT2D eigenvalue weighted by Crippen LogP contribution is 2.47. The molecular formula is C26H25ClN2O2S. The molecule has 1 aromatic heterocycles. The maximum absolute atomic E-state index is 13.7. The van der Waals surface area contributed by atoms with E-state index in [4.69, 9.17) is 11.6 Å². The molecule has 6 heteroatoms. The van der Waals surface area contributed by atoms with Crippen molar-refractivity contribution in [3.8, 4) is 0 Å². The molecule has 2 heterocycles. The Morgan fingerprint density at radius 1 is 1.03 bits per heavy atom. The molecule has 0 saturated heterocycles. The molecule has 2 aromatic carbocycles. The van der Waals surface area contributed by atoms with E-state index in [0.717, 1.165) is 41.7 Å². The summed E-state index contributed by atoms with van der Waals surface area (Å²) in [6, 6.07) is 19.0. The van der Waals surface area contributed by atoms with Crippen molar-refractivity contribution in [2.24, 2.45) is 0 Å². The first-order valence-corrected chi connectivity index (χ1v) is 12.4. The third-order valence-electron chi connectivity index (χ3n) is 6.62. The Kier molecular flexibility index (Phi) is 6.03. The molecule has 0 bridgehead atoms. The number of benzene rings is 2. The third kappa shape index (κ3) is 3.84. The number of nitrogens with one attached hydrogen (secondary N) is 1. The number of carbonyl (C=O) groups is 2. The second-order valence-corrected chi connectivity index (χ2v) is 9.87. The Hall–Kier alpha value is -2.63. The molecule has 2 amide bonds. The van der Waals surface area contributed by atoms with Gasteiger partial charge in [-0.05, 0) is 47.5 Å². The molecule has 1 fully saturated rings. The first-order valence-electron chi connectivity index (χ1n) is 11.1. The van der Waals surface area contributed by atoms with Crippen molar-refractivity contribution in [3.63, 3.8) is 0 Å². The molecule has 3 aromatic rings. The lowest BCUT2D eigenvalue weighted by Crippen LogP contribution is -2.50. The molecule has 1 aliphatic heterocycles. The lowest BCUT2D eigenvalue weighted by atomic mass is 9.80. The Bertz CT molecular complexity index is 1120. The Labute approximate surface area is 197 Å². The van der Waals surface area contributed by atoms with Crippen LogP contribution in [-0.4, -0.2) is 22.8 Å². The van der Waals surface area contributed by atoms with Crippen LogP contribution in [-0.2, 0) is 11.3 Å². The molecule has 164 valence electrons. The monoisotopic (exact) mass is 464 g/mol. The van der Waals surface area contributed by atoms with Crippen LogP contribution >= 0.6 is 22.9 Å². The summed E-state index contributed by atoms with van der Waals surface area (Å²) in [7, 11) is 0. The molecular weight excluding hydrogens is 440 g/mol. The van der Waals surface area contributed by atoms with Crippen molar-refractivity contribution < 1.29 is 9.59 Å². The van der Waals surface area contributed by atoms with Gasteiger partial charge in [0.2, 0.25) is 5.91 Å². The Morgan fingerprint density at radius 3 is 2.53 bits per heavy atom. The Balaban J connectivity index is 1.55. The van der Waals surface area contributed by atoms with Gasteiger partial charge in [0.15, 0.2) is 0 Å². The lowest BCUT2D eigenvalue weighted by molar-refractivity contribution is -0.124. The lowest BCUT2D eigenvalue weighted by Gasteiger charge is -2.44. The fourth-order valence-corrected chi connectivity index (χ4v) is 6.18.